The maximum atomic E-state index is 13.3. The molecule has 168 valence electrons. The van der Waals surface area contributed by atoms with Crippen LogP contribution in [-0.4, -0.2) is 36.9 Å². The molecule has 0 aliphatic heterocycles. The summed E-state index contributed by atoms with van der Waals surface area (Å²) in [4.78, 5) is 30.0. The molecule has 0 saturated heterocycles. The first kappa shape index (κ1) is 24.2. The molecular weight excluding hydrogens is 374 g/mol. The van der Waals surface area contributed by atoms with E-state index in [9.17, 15) is 9.59 Å². The molecule has 30 heavy (non-hydrogen) atoms. The zero-order valence-electron chi connectivity index (χ0n) is 20.2. The molecule has 1 atom stereocenters. The molecule has 1 N–H and O–H groups in total. The average molecular weight is 416 g/mol. The maximum absolute atomic E-state index is 13.3. The van der Waals surface area contributed by atoms with Crippen molar-refractivity contribution in [1.82, 2.24) is 4.90 Å². The van der Waals surface area contributed by atoms with Gasteiger partial charge in [0, 0.05) is 49.4 Å². The van der Waals surface area contributed by atoms with Gasteiger partial charge in [-0.15, -0.1) is 0 Å². The number of hydrogen-bond donors (Lipinski definition) is 1. The van der Waals surface area contributed by atoms with Crippen LogP contribution in [0.1, 0.15) is 72.8 Å². The predicted octanol–water partition coefficient (Wildman–Crippen LogP) is 5.30. The fourth-order valence-corrected chi connectivity index (χ4v) is 4.03. The first-order valence-electron chi connectivity index (χ1n) is 11.3. The van der Waals surface area contributed by atoms with Crippen LogP contribution in [0.3, 0.4) is 0 Å². The van der Waals surface area contributed by atoms with Crippen molar-refractivity contribution in [2.45, 2.75) is 79.8 Å². The van der Waals surface area contributed by atoms with Crippen molar-refractivity contribution in [3.8, 4) is 0 Å². The molecule has 0 unspecified atom stereocenters. The first-order chi connectivity index (χ1) is 13.9. The fourth-order valence-electron chi connectivity index (χ4n) is 4.03. The highest BCUT2D eigenvalue weighted by Gasteiger charge is 2.32. The monoisotopic (exact) mass is 415 g/mol. The summed E-state index contributed by atoms with van der Waals surface area (Å²) in [6.07, 6.45) is 4.24. The highest BCUT2D eigenvalue weighted by atomic mass is 16.2. The van der Waals surface area contributed by atoms with Gasteiger partial charge in [0.1, 0.15) is 0 Å². The Balaban J connectivity index is 2.35. The van der Waals surface area contributed by atoms with Gasteiger partial charge in [-0.05, 0) is 49.4 Å². The number of nitrogens with zero attached hydrogens (tertiary/aromatic N) is 2. The van der Waals surface area contributed by atoms with E-state index < -0.39 is 5.41 Å². The van der Waals surface area contributed by atoms with Crippen molar-refractivity contribution in [3.63, 3.8) is 0 Å². The van der Waals surface area contributed by atoms with Crippen LogP contribution in [0.15, 0.2) is 18.2 Å². The molecule has 1 aliphatic carbocycles. The summed E-state index contributed by atoms with van der Waals surface area (Å²) in [6, 6.07) is 6.16. The molecule has 0 heterocycles. The lowest BCUT2D eigenvalue weighted by Crippen LogP contribution is -2.46. The molecular formula is C25H41N3O2. The summed E-state index contributed by atoms with van der Waals surface area (Å²) >= 11 is 0. The van der Waals surface area contributed by atoms with Gasteiger partial charge in [-0.1, -0.05) is 47.5 Å². The van der Waals surface area contributed by atoms with Gasteiger partial charge in [0.05, 0.1) is 0 Å². The molecule has 2 rings (SSSR count). The Morgan fingerprint density at radius 3 is 2.20 bits per heavy atom. The van der Waals surface area contributed by atoms with Crippen molar-refractivity contribution in [2.24, 2.45) is 17.3 Å². The second kappa shape index (κ2) is 9.84. The molecule has 2 amide bonds. The molecule has 5 heteroatoms. The smallest absolute Gasteiger partial charge is 0.228 e. The quantitative estimate of drug-likeness (QED) is 0.657. The minimum Gasteiger partial charge on any atom is -0.377 e. The third-order valence-electron chi connectivity index (χ3n) is 6.25. The number of carbonyl (C=O) groups excluding carboxylic acids is 2. The lowest BCUT2D eigenvalue weighted by molar-refractivity contribution is -0.143. The van der Waals surface area contributed by atoms with E-state index >= 15 is 0 Å². The van der Waals surface area contributed by atoms with Crippen LogP contribution < -0.4 is 10.2 Å². The van der Waals surface area contributed by atoms with E-state index in [2.05, 4.69) is 31.0 Å². The second-order valence-electron chi connectivity index (χ2n) is 10.4. The number of anilines is 2. The van der Waals surface area contributed by atoms with Gasteiger partial charge in [-0.25, -0.2) is 0 Å². The minimum atomic E-state index is -0.449. The maximum Gasteiger partial charge on any atom is 0.228 e. The minimum absolute atomic E-state index is 0.114. The highest BCUT2D eigenvalue weighted by Crippen LogP contribution is 2.30. The number of carbonyl (C=O) groups is 2. The fraction of sp³-hybridized carbons (Fsp3) is 0.680. The largest absolute Gasteiger partial charge is 0.377 e. The van der Waals surface area contributed by atoms with Crippen LogP contribution in [-0.2, 0) is 16.1 Å². The molecule has 1 aliphatic rings. The van der Waals surface area contributed by atoms with E-state index in [-0.39, 0.29) is 23.8 Å². The van der Waals surface area contributed by atoms with E-state index in [0.717, 1.165) is 42.6 Å². The van der Waals surface area contributed by atoms with Gasteiger partial charge in [-0.2, -0.15) is 0 Å². The first-order valence-corrected chi connectivity index (χ1v) is 11.3. The lowest BCUT2D eigenvalue weighted by atomic mass is 9.92. The molecule has 5 nitrogen and oxygen atoms in total. The van der Waals surface area contributed by atoms with E-state index in [0.29, 0.717) is 12.5 Å². The molecule has 1 aromatic rings. The second-order valence-corrected chi connectivity index (χ2v) is 10.4. The van der Waals surface area contributed by atoms with E-state index in [1.54, 1.807) is 0 Å². The highest BCUT2D eigenvalue weighted by molar-refractivity contribution is 5.93. The Morgan fingerprint density at radius 1 is 1.10 bits per heavy atom. The Kier molecular flexibility index (Phi) is 7.95. The summed E-state index contributed by atoms with van der Waals surface area (Å²) in [5, 5.41) is 3.11. The predicted molar refractivity (Wildman–Crippen MR) is 126 cm³/mol. The number of rotatable bonds is 7. The summed E-state index contributed by atoms with van der Waals surface area (Å²) in [5.74, 6) is 0.745. The topological polar surface area (TPSA) is 52.7 Å². The van der Waals surface area contributed by atoms with Crippen LogP contribution in [0.25, 0.3) is 0 Å². The van der Waals surface area contributed by atoms with Gasteiger partial charge in [0.2, 0.25) is 11.8 Å². The zero-order chi connectivity index (χ0) is 22.6. The van der Waals surface area contributed by atoms with Gasteiger partial charge >= 0.3 is 0 Å². The summed E-state index contributed by atoms with van der Waals surface area (Å²) in [7, 11) is 4.02. The summed E-state index contributed by atoms with van der Waals surface area (Å²) < 4.78 is 0. The van der Waals surface area contributed by atoms with Crippen LogP contribution in [0.4, 0.5) is 11.4 Å². The van der Waals surface area contributed by atoms with Crippen LogP contribution in [0.5, 0.6) is 0 Å². The third kappa shape index (κ3) is 5.99. The van der Waals surface area contributed by atoms with E-state index in [1.165, 1.54) is 0 Å². The van der Waals surface area contributed by atoms with Crippen LogP contribution in [0, 0.1) is 17.3 Å². The number of hydrogen-bond acceptors (Lipinski definition) is 3. The van der Waals surface area contributed by atoms with Crippen molar-refractivity contribution < 1.29 is 9.59 Å². The molecule has 0 aromatic heterocycles. The van der Waals surface area contributed by atoms with Crippen molar-refractivity contribution in [1.29, 1.82) is 0 Å². The van der Waals surface area contributed by atoms with Gasteiger partial charge in [-0.3, -0.25) is 9.59 Å². The third-order valence-corrected chi connectivity index (χ3v) is 6.25. The number of amides is 2. The average Bonchev–Trinajstić information content (AvgIpc) is 3.19. The number of nitrogens with one attached hydrogen (secondary N) is 1. The number of benzene rings is 1. The summed E-state index contributed by atoms with van der Waals surface area (Å²) in [6.45, 7) is 12.9. The van der Waals surface area contributed by atoms with E-state index in [4.69, 9.17) is 0 Å². The normalized spacial score (nSPS) is 15.9. The van der Waals surface area contributed by atoms with Crippen molar-refractivity contribution in [2.75, 3.05) is 24.3 Å². The Labute approximate surface area is 183 Å². The molecule has 1 saturated carbocycles. The molecule has 1 fully saturated rings. The van der Waals surface area contributed by atoms with Crippen molar-refractivity contribution in [3.05, 3.63) is 23.8 Å². The van der Waals surface area contributed by atoms with Gasteiger partial charge < -0.3 is 15.1 Å². The Bertz CT molecular complexity index is 743. The Hall–Kier alpha value is -2.04. The molecule has 0 bridgehead atoms. The van der Waals surface area contributed by atoms with Crippen LogP contribution in [0.2, 0.25) is 0 Å². The van der Waals surface area contributed by atoms with E-state index in [1.807, 2.05) is 58.0 Å². The standard InChI is InChI=1S/C25H41N3O2/c1-17(2)18(3)28(24(30)25(4,5)6)16-20-15-21(13-14-22(20)27(7)8)26-23(29)19-11-9-10-12-19/h13-15,17-19H,9-12,16H2,1-8H3,(H,26,29)/t18-/m0/s1. The molecule has 0 radical (unpaired) electrons. The van der Waals surface area contributed by atoms with Gasteiger partial charge in [0.25, 0.3) is 0 Å². The van der Waals surface area contributed by atoms with Gasteiger partial charge in [0.15, 0.2) is 0 Å². The molecule has 0 spiro atoms. The Morgan fingerprint density at radius 2 is 1.70 bits per heavy atom. The molecule has 1 aromatic carbocycles. The van der Waals surface area contributed by atoms with Crippen molar-refractivity contribution >= 4 is 23.2 Å². The zero-order valence-corrected chi connectivity index (χ0v) is 20.2. The SMILES string of the molecule is CC(C)[C@H](C)N(Cc1cc(NC(=O)C2CCCC2)ccc1N(C)C)C(=O)C(C)(C)C. The van der Waals surface area contributed by atoms with Crippen LogP contribution >= 0.6 is 0 Å². The lowest BCUT2D eigenvalue weighted by Gasteiger charge is -2.37. The summed E-state index contributed by atoms with van der Waals surface area (Å²) in [5.41, 5.74) is 2.48.